The lowest BCUT2D eigenvalue weighted by atomic mass is 9.87. The molecular formula is C24H26FN3O7S. The zero-order valence-electron chi connectivity index (χ0n) is 19.9. The van der Waals surface area contributed by atoms with E-state index in [9.17, 15) is 18.0 Å². The van der Waals surface area contributed by atoms with Gasteiger partial charge in [0.15, 0.2) is 5.82 Å². The molecule has 2 heterocycles. The molecule has 10 nitrogen and oxygen atoms in total. The number of alkyl carbamates (subject to hydrolysis) is 1. The Bertz CT molecular complexity index is 1330. The van der Waals surface area contributed by atoms with Crippen molar-refractivity contribution in [3.05, 3.63) is 58.9 Å². The highest BCUT2D eigenvalue weighted by Gasteiger charge is 2.53. The Kier molecular flexibility index (Phi) is 5.83. The van der Waals surface area contributed by atoms with Gasteiger partial charge in [0.25, 0.3) is 5.91 Å². The van der Waals surface area contributed by atoms with Gasteiger partial charge < -0.3 is 19.5 Å². The average Bonchev–Trinajstić information content (AvgIpc) is 3.53. The summed E-state index contributed by atoms with van der Waals surface area (Å²) in [7, 11) is -4.31. The molecule has 0 spiro atoms. The van der Waals surface area contributed by atoms with Gasteiger partial charge in [-0.2, -0.15) is 8.42 Å². The number of fused-ring (bicyclic) bond motifs is 3. The van der Waals surface area contributed by atoms with Gasteiger partial charge in [0.1, 0.15) is 42.4 Å². The molecule has 0 aromatic heterocycles. The van der Waals surface area contributed by atoms with Gasteiger partial charge in [-0.05, 0) is 49.9 Å². The number of epoxide rings is 1. The van der Waals surface area contributed by atoms with Crippen molar-refractivity contribution in [2.45, 2.75) is 57.6 Å². The Balaban J connectivity index is 1.51. The molecule has 2 amide bonds. The van der Waals surface area contributed by atoms with Crippen molar-refractivity contribution >= 4 is 27.9 Å². The van der Waals surface area contributed by atoms with Gasteiger partial charge in [-0.1, -0.05) is 30.3 Å². The molecule has 12 heteroatoms. The van der Waals surface area contributed by atoms with Gasteiger partial charge in [-0.15, -0.1) is 0 Å². The molecule has 5 rings (SSSR count). The number of amides is 2. The van der Waals surface area contributed by atoms with E-state index in [4.69, 9.17) is 14.2 Å². The van der Waals surface area contributed by atoms with Crippen LogP contribution >= 0.6 is 0 Å². The van der Waals surface area contributed by atoms with Gasteiger partial charge in [0.2, 0.25) is 0 Å². The predicted molar refractivity (Wildman–Crippen MR) is 126 cm³/mol. The molecule has 0 unspecified atom stereocenters. The van der Waals surface area contributed by atoms with Crippen molar-refractivity contribution < 1.29 is 36.6 Å². The van der Waals surface area contributed by atoms with E-state index in [2.05, 4.69) is 5.32 Å². The largest absolute Gasteiger partial charge is 0.487 e. The van der Waals surface area contributed by atoms with Gasteiger partial charge in [0, 0.05) is 0 Å². The fourth-order valence-electron chi connectivity index (χ4n) is 4.47. The van der Waals surface area contributed by atoms with Crippen molar-refractivity contribution in [2.75, 3.05) is 10.8 Å². The molecule has 0 saturated carbocycles. The Morgan fingerprint density at radius 3 is 2.64 bits per heavy atom. The van der Waals surface area contributed by atoms with Crippen LogP contribution < -0.4 is 19.1 Å². The van der Waals surface area contributed by atoms with E-state index in [1.807, 2.05) is 35.1 Å². The van der Waals surface area contributed by atoms with E-state index < -0.39 is 52.3 Å². The van der Waals surface area contributed by atoms with Gasteiger partial charge in [0.05, 0.1) is 6.04 Å². The first kappa shape index (κ1) is 24.3. The van der Waals surface area contributed by atoms with Crippen LogP contribution in [0.1, 0.15) is 43.6 Å². The molecule has 0 bridgehead atoms. The minimum atomic E-state index is -4.31. The molecule has 36 heavy (non-hydrogen) atoms. The van der Waals surface area contributed by atoms with Crippen LogP contribution in [0.5, 0.6) is 5.75 Å². The Morgan fingerprint density at radius 2 is 2.00 bits per heavy atom. The van der Waals surface area contributed by atoms with Crippen LogP contribution in [0.4, 0.5) is 14.9 Å². The molecule has 1 aliphatic carbocycles. The number of ether oxygens (including phenoxy) is 3. The van der Waals surface area contributed by atoms with Crippen LogP contribution in [0.3, 0.4) is 0 Å². The minimum absolute atomic E-state index is 0.0250. The smallest absolute Gasteiger partial charge is 0.407 e. The molecule has 2 aromatic carbocycles. The molecule has 2 aliphatic heterocycles. The van der Waals surface area contributed by atoms with E-state index in [-0.39, 0.29) is 36.1 Å². The maximum atomic E-state index is 16.1. The second kappa shape index (κ2) is 8.63. The predicted octanol–water partition coefficient (Wildman–Crippen LogP) is 2.48. The maximum absolute atomic E-state index is 16.1. The summed E-state index contributed by atoms with van der Waals surface area (Å²) < 4.78 is 60.8. The van der Waals surface area contributed by atoms with Crippen molar-refractivity contribution in [1.29, 1.82) is 0 Å². The van der Waals surface area contributed by atoms with E-state index >= 15 is 4.39 Å². The normalized spacial score (nSPS) is 23.8. The summed E-state index contributed by atoms with van der Waals surface area (Å²) in [4.78, 5) is 24.2. The van der Waals surface area contributed by atoms with E-state index in [1.165, 1.54) is 0 Å². The van der Waals surface area contributed by atoms with Crippen LogP contribution in [0.2, 0.25) is 0 Å². The fraction of sp³-hybridized carbons (Fsp3) is 0.417. The molecule has 3 aliphatic rings. The Morgan fingerprint density at radius 1 is 1.28 bits per heavy atom. The van der Waals surface area contributed by atoms with Crippen LogP contribution in [0.15, 0.2) is 36.4 Å². The number of rotatable bonds is 5. The molecular weight excluding hydrogens is 493 g/mol. The monoisotopic (exact) mass is 519 g/mol. The lowest BCUT2D eigenvalue weighted by molar-refractivity contribution is -0.117. The van der Waals surface area contributed by atoms with Crippen LogP contribution in [-0.2, 0) is 37.5 Å². The summed E-state index contributed by atoms with van der Waals surface area (Å²) in [5.74, 6) is -1.65. The number of anilines is 1. The lowest BCUT2D eigenvalue weighted by Crippen LogP contribution is -2.45. The molecule has 2 aromatic rings. The number of nitrogens with zero attached hydrogens (tertiary/aromatic N) is 1. The zero-order chi connectivity index (χ0) is 25.8. The molecule has 3 atom stereocenters. The number of carbonyl (C=O) groups is 2. The summed E-state index contributed by atoms with van der Waals surface area (Å²) in [6.07, 6.45) is -1.49. The first-order chi connectivity index (χ1) is 16.9. The summed E-state index contributed by atoms with van der Waals surface area (Å²) >= 11 is 0. The van der Waals surface area contributed by atoms with E-state index in [0.29, 0.717) is 9.87 Å². The topological polar surface area (TPSA) is 127 Å². The number of carbonyl (C=O) groups excluding carboxylic acids is 2. The molecule has 2 N–H and O–H groups in total. The fourth-order valence-corrected chi connectivity index (χ4v) is 5.63. The summed E-state index contributed by atoms with van der Waals surface area (Å²) in [5.41, 5.74) is 0.419. The number of hydrogen-bond acceptors (Lipinski definition) is 7. The van der Waals surface area contributed by atoms with E-state index in [0.717, 1.165) is 5.56 Å². The molecule has 2 fully saturated rings. The van der Waals surface area contributed by atoms with Crippen molar-refractivity contribution in [2.24, 2.45) is 0 Å². The third-order valence-electron chi connectivity index (χ3n) is 6.00. The highest BCUT2D eigenvalue weighted by Crippen LogP contribution is 2.51. The SMILES string of the molecule is CC(C)(C)OC(=O)N[C@H]1Cc2c(cc(OCc3ccccc3)c(N3CC(=O)NS3(=O)=O)c2F)[C@H]2O[C@@H]12. The summed E-state index contributed by atoms with van der Waals surface area (Å²) in [5, 5.41) is 2.73. The standard InChI is InChI=1S/C24H26FN3O7S/c1-24(2,3)35-23(30)26-16-9-14-15(21-22(16)34-21)10-17(33-12-13-7-5-4-6-8-13)20(19(14)25)28-11-18(29)27-36(28,31)32/h4-8,10,16,21-22H,9,11-12H2,1-3H3,(H,26,30)(H,27,29)/t16-,21+,22-/m0/s1. The molecule has 192 valence electrons. The third-order valence-corrected chi connectivity index (χ3v) is 7.38. The number of nitrogens with one attached hydrogen (secondary N) is 2. The van der Waals surface area contributed by atoms with Gasteiger partial charge in [-0.3, -0.25) is 4.79 Å². The van der Waals surface area contributed by atoms with Crippen LogP contribution in [0, 0.1) is 5.82 Å². The van der Waals surface area contributed by atoms with E-state index in [1.54, 1.807) is 26.8 Å². The van der Waals surface area contributed by atoms with Crippen molar-refractivity contribution in [1.82, 2.24) is 10.0 Å². The van der Waals surface area contributed by atoms with Gasteiger partial charge in [-0.25, -0.2) is 18.2 Å². The molecule has 2 saturated heterocycles. The number of benzene rings is 2. The van der Waals surface area contributed by atoms with Gasteiger partial charge >= 0.3 is 16.3 Å². The number of hydrogen-bond donors (Lipinski definition) is 2. The highest BCUT2D eigenvalue weighted by molar-refractivity contribution is 7.92. The third kappa shape index (κ3) is 4.70. The molecule has 0 radical (unpaired) electrons. The lowest BCUT2D eigenvalue weighted by Gasteiger charge is -2.28. The van der Waals surface area contributed by atoms with Crippen LogP contribution in [0.25, 0.3) is 0 Å². The Labute approximate surface area is 207 Å². The minimum Gasteiger partial charge on any atom is -0.487 e. The second-order valence-electron chi connectivity index (χ2n) is 9.89. The summed E-state index contributed by atoms with van der Waals surface area (Å²) in [6.45, 7) is 4.66. The second-order valence-corrected chi connectivity index (χ2v) is 11.5. The average molecular weight is 520 g/mol. The quantitative estimate of drug-likeness (QED) is 0.581. The Hall–Kier alpha value is -3.38. The van der Waals surface area contributed by atoms with Crippen LogP contribution in [-0.4, -0.2) is 44.7 Å². The summed E-state index contributed by atoms with van der Waals surface area (Å²) in [6, 6.07) is 10.1. The first-order valence-electron chi connectivity index (χ1n) is 11.4. The first-order valence-corrected chi connectivity index (χ1v) is 12.9. The highest BCUT2D eigenvalue weighted by atomic mass is 32.2. The van der Waals surface area contributed by atoms with Crippen molar-refractivity contribution in [3.63, 3.8) is 0 Å². The maximum Gasteiger partial charge on any atom is 0.407 e. The zero-order valence-corrected chi connectivity index (χ0v) is 20.7. The number of halogens is 1. The van der Waals surface area contributed by atoms with Crippen molar-refractivity contribution in [3.8, 4) is 5.75 Å².